The van der Waals surface area contributed by atoms with E-state index in [2.05, 4.69) is 0 Å². The minimum atomic E-state index is -0.806. The van der Waals surface area contributed by atoms with Gasteiger partial charge in [-0.05, 0) is 12.1 Å². The Balaban J connectivity index is 1.68. The van der Waals surface area contributed by atoms with Gasteiger partial charge in [-0.15, -0.1) is 0 Å². The van der Waals surface area contributed by atoms with E-state index in [1.54, 1.807) is 19.2 Å². The summed E-state index contributed by atoms with van der Waals surface area (Å²) in [6, 6.07) is 6.73. The monoisotopic (exact) mass is 323 g/mol. The quantitative estimate of drug-likeness (QED) is 0.848. The normalized spacial score (nSPS) is 29.9. The first-order chi connectivity index (χ1) is 11.1. The average Bonchev–Trinajstić information content (AvgIpc) is 2.60. The average molecular weight is 323 g/mol. The Hall–Kier alpha value is -1.83. The summed E-state index contributed by atoms with van der Waals surface area (Å²) in [4.78, 5) is 14.1. The molecule has 1 aromatic rings. The van der Waals surface area contributed by atoms with Gasteiger partial charge in [0.25, 0.3) is 5.91 Å². The summed E-state index contributed by atoms with van der Waals surface area (Å²) in [5.41, 5.74) is 0. The number of hydrogen-bond acceptors (Lipinski definition) is 6. The third-order valence-electron chi connectivity index (χ3n) is 4.28. The van der Waals surface area contributed by atoms with Crippen molar-refractivity contribution in [2.45, 2.75) is 24.4 Å². The van der Waals surface area contributed by atoms with Crippen molar-refractivity contribution in [2.75, 3.05) is 34.0 Å². The van der Waals surface area contributed by atoms with Crippen LogP contribution in [0.4, 0.5) is 0 Å². The van der Waals surface area contributed by atoms with Crippen LogP contribution in [-0.2, 0) is 14.3 Å². The first kappa shape index (κ1) is 16.0. The lowest BCUT2D eigenvalue weighted by atomic mass is 10.0. The molecule has 3 rings (SSSR count). The second-order valence-corrected chi connectivity index (χ2v) is 5.68. The second-order valence-electron chi connectivity index (χ2n) is 5.68. The lowest BCUT2D eigenvalue weighted by Gasteiger charge is -2.40. The van der Waals surface area contributed by atoms with Crippen LogP contribution < -0.4 is 9.47 Å². The summed E-state index contributed by atoms with van der Waals surface area (Å²) in [6.45, 7) is 0.706. The Morgan fingerprint density at radius 3 is 2.74 bits per heavy atom. The van der Waals surface area contributed by atoms with E-state index in [0.717, 1.165) is 0 Å². The second kappa shape index (κ2) is 6.74. The van der Waals surface area contributed by atoms with Gasteiger partial charge in [-0.1, -0.05) is 12.1 Å². The van der Waals surface area contributed by atoms with Gasteiger partial charge in [0.1, 0.15) is 18.8 Å². The summed E-state index contributed by atoms with van der Waals surface area (Å²) < 4.78 is 21.9. The lowest BCUT2D eigenvalue weighted by molar-refractivity contribution is -0.164. The highest BCUT2D eigenvalue weighted by Gasteiger charge is 2.40. The molecule has 4 atom stereocenters. The number of ether oxygens (including phenoxy) is 4. The molecule has 2 heterocycles. The molecule has 0 aliphatic carbocycles. The number of rotatable bonds is 3. The molecule has 0 bridgehead atoms. The minimum absolute atomic E-state index is 0.136. The predicted molar refractivity (Wildman–Crippen MR) is 80.5 cm³/mol. The van der Waals surface area contributed by atoms with Gasteiger partial charge in [-0.3, -0.25) is 4.79 Å². The number of aliphatic hydroxyl groups is 1. The fourth-order valence-electron chi connectivity index (χ4n) is 2.83. The highest BCUT2D eigenvalue weighted by atomic mass is 16.6. The number of benzene rings is 1. The van der Waals surface area contributed by atoms with Crippen molar-refractivity contribution in [3.8, 4) is 11.5 Å². The molecule has 1 N–H and O–H groups in total. The van der Waals surface area contributed by atoms with Crippen molar-refractivity contribution in [1.82, 2.24) is 4.90 Å². The molecule has 126 valence electrons. The van der Waals surface area contributed by atoms with Crippen molar-refractivity contribution in [3.63, 3.8) is 0 Å². The summed E-state index contributed by atoms with van der Waals surface area (Å²) in [5, 5.41) is 10.3. The van der Waals surface area contributed by atoms with Crippen LogP contribution in [0.25, 0.3) is 0 Å². The van der Waals surface area contributed by atoms with Crippen LogP contribution >= 0.6 is 0 Å². The van der Waals surface area contributed by atoms with Crippen molar-refractivity contribution in [1.29, 1.82) is 0 Å². The number of likely N-dealkylation sites (N-methyl/N-ethyl adjacent to an activating group) is 1. The molecule has 7 nitrogen and oxygen atoms in total. The maximum atomic E-state index is 12.7. The zero-order chi connectivity index (χ0) is 16.4. The number of hydrogen-bond donors (Lipinski definition) is 1. The number of carbonyl (C=O) groups is 1. The smallest absolute Gasteiger partial charge is 0.267 e. The van der Waals surface area contributed by atoms with Gasteiger partial charge in [0.05, 0.1) is 19.3 Å². The Labute approximate surface area is 134 Å². The first-order valence-corrected chi connectivity index (χ1v) is 7.55. The molecule has 2 aliphatic rings. The number of para-hydroxylation sites is 2. The predicted octanol–water partition coefficient (Wildman–Crippen LogP) is 0.0595. The Kier molecular flexibility index (Phi) is 4.70. The van der Waals surface area contributed by atoms with Gasteiger partial charge in [0, 0.05) is 14.2 Å². The van der Waals surface area contributed by atoms with E-state index >= 15 is 0 Å². The van der Waals surface area contributed by atoms with Gasteiger partial charge in [-0.25, -0.2) is 0 Å². The summed E-state index contributed by atoms with van der Waals surface area (Å²) >= 11 is 0. The van der Waals surface area contributed by atoms with Crippen molar-refractivity contribution in [2.24, 2.45) is 0 Å². The largest absolute Gasteiger partial charge is 0.485 e. The number of amides is 1. The van der Waals surface area contributed by atoms with E-state index < -0.39 is 24.4 Å². The molecule has 0 aromatic heterocycles. The van der Waals surface area contributed by atoms with E-state index in [1.807, 2.05) is 12.1 Å². The molecule has 0 unspecified atom stereocenters. The van der Waals surface area contributed by atoms with Gasteiger partial charge in [0.15, 0.2) is 11.5 Å². The van der Waals surface area contributed by atoms with Gasteiger partial charge < -0.3 is 29.0 Å². The molecule has 1 amide bonds. The third-order valence-corrected chi connectivity index (χ3v) is 4.28. The highest BCUT2D eigenvalue weighted by Crippen LogP contribution is 2.31. The van der Waals surface area contributed by atoms with Crippen LogP contribution in [0.5, 0.6) is 11.5 Å². The van der Waals surface area contributed by atoms with E-state index in [-0.39, 0.29) is 19.1 Å². The number of nitrogens with zero attached hydrogens (tertiary/aromatic N) is 1. The fraction of sp³-hybridized carbons (Fsp3) is 0.562. The molecular weight excluding hydrogens is 302 g/mol. The number of carbonyl (C=O) groups excluding carboxylic acids is 1. The van der Waals surface area contributed by atoms with Crippen molar-refractivity contribution in [3.05, 3.63) is 24.3 Å². The Bertz CT molecular complexity index is 565. The summed E-state index contributed by atoms with van der Waals surface area (Å²) in [6.07, 6.45) is -2.00. The van der Waals surface area contributed by atoms with Crippen LogP contribution in [0.2, 0.25) is 0 Å². The SMILES string of the molecule is CO[C@@H]1COC[C@@H](N(C)C(=O)[C@H]2COc3ccccc3O2)[C@@H]1O. The van der Waals surface area contributed by atoms with Crippen molar-refractivity contribution >= 4 is 5.91 Å². The third kappa shape index (κ3) is 3.12. The standard InChI is InChI=1S/C16H21NO6/c1-17(10-7-21-8-13(20-2)15(10)18)16(19)14-9-22-11-5-3-4-6-12(11)23-14/h3-6,10,13-15,18H,7-9H2,1-2H3/t10-,13-,14-,15+/m1/s1. The maximum absolute atomic E-state index is 12.7. The van der Waals surface area contributed by atoms with Gasteiger partial charge in [0.2, 0.25) is 6.10 Å². The topological polar surface area (TPSA) is 77.5 Å². The van der Waals surface area contributed by atoms with Gasteiger partial charge >= 0.3 is 0 Å². The van der Waals surface area contributed by atoms with Crippen molar-refractivity contribution < 1.29 is 28.8 Å². The lowest BCUT2D eigenvalue weighted by Crippen LogP contribution is -2.59. The fourth-order valence-corrected chi connectivity index (χ4v) is 2.83. The zero-order valence-corrected chi connectivity index (χ0v) is 13.2. The van der Waals surface area contributed by atoms with E-state index in [9.17, 15) is 9.90 Å². The minimum Gasteiger partial charge on any atom is -0.485 e. The molecule has 2 aliphatic heterocycles. The van der Waals surface area contributed by atoms with E-state index in [1.165, 1.54) is 12.0 Å². The van der Waals surface area contributed by atoms with Crippen LogP contribution in [-0.4, -0.2) is 74.2 Å². The number of fused-ring (bicyclic) bond motifs is 1. The molecule has 0 radical (unpaired) electrons. The molecule has 1 saturated heterocycles. The molecule has 0 saturated carbocycles. The highest BCUT2D eigenvalue weighted by molar-refractivity contribution is 5.82. The zero-order valence-electron chi connectivity index (χ0n) is 13.2. The molecule has 1 aromatic carbocycles. The van der Waals surface area contributed by atoms with Crippen LogP contribution in [0.1, 0.15) is 0 Å². The summed E-state index contributed by atoms with van der Waals surface area (Å²) in [7, 11) is 3.14. The van der Waals surface area contributed by atoms with Crippen LogP contribution in [0.15, 0.2) is 24.3 Å². The van der Waals surface area contributed by atoms with Crippen LogP contribution in [0, 0.1) is 0 Å². The van der Waals surface area contributed by atoms with E-state index in [4.69, 9.17) is 18.9 Å². The van der Waals surface area contributed by atoms with E-state index in [0.29, 0.717) is 18.1 Å². The first-order valence-electron chi connectivity index (χ1n) is 7.55. The Morgan fingerprint density at radius 2 is 2.00 bits per heavy atom. The molecule has 0 spiro atoms. The maximum Gasteiger partial charge on any atom is 0.267 e. The molecule has 7 heteroatoms. The molecule has 23 heavy (non-hydrogen) atoms. The van der Waals surface area contributed by atoms with Crippen LogP contribution in [0.3, 0.4) is 0 Å². The number of methoxy groups -OCH3 is 1. The molecular formula is C16H21NO6. The number of aliphatic hydroxyl groups excluding tert-OH is 1. The van der Waals surface area contributed by atoms with Gasteiger partial charge in [-0.2, -0.15) is 0 Å². The molecule has 1 fully saturated rings. The summed E-state index contributed by atoms with van der Waals surface area (Å²) in [5.74, 6) is 0.907. The Morgan fingerprint density at radius 1 is 1.26 bits per heavy atom.